The third kappa shape index (κ3) is 6.16. The second-order valence-electron chi connectivity index (χ2n) is 11.5. The van der Waals surface area contributed by atoms with Crippen LogP contribution in [0.3, 0.4) is 0 Å². The van der Waals surface area contributed by atoms with Crippen LogP contribution in [0.5, 0.6) is 0 Å². The monoisotopic (exact) mass is 669 g/mol. The van der Waals surface area contributed by atoms with Crippen molar-refractivity contribution in [1.29, 1.82) is 0 Å². The topological polar surface area (TPSA) is 101 Å². The number of alkyl halides is 3. The molecule has 1 heterocycles. The standard InChI is InChI=1S/C37H30F3N3O4S/c1-21-9-7-10-22(2)34(21)41-25-15-17-29-31(19-25)47-32-20-26(42-35-23(3)11-8-12-24(35)4)16-18-30(32)33(29)27-13-5-6-14-28(27)36(44)43-48(45,46)37(38,39)40/h5-20,41H,1-4H3,(H,43,44). The number of nitrogens with zero attached hydrogens (tertiary/aromatic N) is 1. The van der Waals surface area contributed by atoms with Gasteiger partial charge < -0.3 is 9.73 Å². The zero-order valence-electron chi connectivity index (χ0n) is 26.4. The minimum Gasteiger partial charge on any atom is -0.456 e. The molecule has 0 bridgehead atoms. The molecule has 0 saturated carbocycles. The molecule has 1 aliphatic carbocycles. The highest BCUT2D eigenvalue weighted by Gasteiger charge is 2.47. The van der Waals surface area contributed by atoms with Gasteiger partial charge in [-0.3, -0.25) is 4.79 Å². The van der Waals surface area contributed by atoms with Gasteiger partial charge >= 0.3 is 15.5 Å². The first-order valence-electron chi connectivity index (χ1n) is 14.9. The molecule has 11 heteroatoms. The second-order valence-corrected chi connectivity index (χ2v) is 13.2. The molecule has 0 saturated heterocycles. The van der Waals surface area contributed by atoms with Gasteiger partial charge in [-0.05, 0) is 85.8 Å². The van der Waals surface area contributed by atoms with Gasteiger partial charge in [-0.2, -0.15) is 21.6 Å². The van der Waals surface area contributed by atoms with E-state index in [9.17, 15) is 26.4 Å². The normalized spacial score (nSPS) is 12.4. The predicted octanol–water partition coefficient (Wildman–Crippen LogP) is 8.99. The molecule has 0 aromatic heterocycles. The SMILES string of the molecule is Cc1cccc(C)c1N=c1ccc2c(-c3ccccc3C(=O)NS(=O)(=O)C(F)(F)F)c3ccc(Nc4c(C)cccc4C)cc3oc-2c1. The van der Waals surface area contributed by atoms with Crippen LogP contribution in [0, 0.1) is 27.7 Å². The predicted molar refractivity (Wildman–Crippen MR) is 181 cm³/mol. The van der Waals surface area contributed by atoms with Crippen LogP contribution in [0.25, 0.3) is 33.4 Å². The van der Waals surface area contributed by atoms with Gasteiger partial charge in [-0.25, -0.2) is 9.71 Å². The number of halogens is 3. The van der Waals surface area contributed by atoms with Crippen LogP contribution in [0.15, 0.2) is 106 Å². The molecular weight excluding hydrogens is 639 g/mol. The number of hydrogen-bond donors (Lipinski definition) is 2. The first-order valence-corrected chi connectivity index (χ1v) is 16.4. The summed E-state index contributed by atoms with van der Waals surface area (Å²) in [5, 5.41) is 4.60. The van der Waals surface area contributed by atoms with E-state index >= 15 is 0 Å². The van der Waals surface area contributed by atoms with Crippen LogP contribution < -0.4 is 15.4 Å². The first-order chi connectivity index (χ1) is 22.7. The third-order valence-electron chi connectivity index (χ3n) is 8.11. The molecule has 48 heavy (non-hydrogen) atoms. The van der Waals surface area contributed by atoms with Crippen molar-refractivity contribution in [3.05, 3.63) is 130 Å². The molecule has 244 valence electrons. The molecule has 1 aliphatic heterocycles. The summed E-state index contributed by atoms with van der Waals surface area (Å²) in [4.78, 5) is 18.0. The van der Waals surface area contributed by atoms with Crippen molar-refractivity contribution in [2.75, 3.05) is 5.32 Å². The number of carbonyl (C=O) groups is 1. The molecule has 0 unspecified atom stereocenters. The molecule has 4 aromatic carbocycles. The Hall–Kier alpha value is -5.42. The maximum absolute atomic E-state index is 13.2. The van der Waals surface area contributed by atoms with Gasteiger partial charge in [-0.15, -0.1) is 0 Å². The summed E-state index contributed by atoms with van der Waals surface area (Å²) in [5.74, 6) is -1.02. The maximum atomic E-state index is 13.2. The number of rotatable bonds is 6. The highest BCUT2D eigenvalue weighted by atomic mass is 32.2. The van der Waals surface area contributed by atoms with Crippen LogP contribution in [-0.2, 0) is 10.0 Å². The highest BCUT2D eigenvalue weighted by molar-refractivity contribution is 7.90. The first kappa shape index (κ1) is 32.5. The van der Waals surface area contributed by atoms with Crippen molar-refractivity contribution in [1.82, 2.24) is 4.72 Å². The summed E-state index contributed by atoms with van der Waals surface area (Å²) in [6.45, 7) is 7.92. The Morgan fingerprint density at radius 1 is 0.750 bits per heavy atom. The lowest BCUT2D eigenvalue weighted by molar-refractivity contribution is -0.0446. The van der Waals surface area contributed by atoms with Crippen LogP contribution in [0.2, 0.25) is 0 Å². The number of benzene rings is 5. The van der Waals surface area contributed by atoms with Crippen LogP contribution >= 0.6 is 0 Å². The fourth-order valence-corrected chi connectivity index (χ4v) is 6.19. The van der Waals surface area contributed by atoms with E-state index in [-0.39, 0.29) is 11.1 Å². The van der Waals surface area contributed by atoms with Gasteiger partial charge in [0, 0.05) is 45.6 Å². The molecule has 4 aromatic rings. The van der Waals surface area contributed by atoms with Gasteiger partial charge in [0.05, 0.1) is 11.0 Å². The average Bonchev–Trinajstić information content (AvgIpc) is 3.02. The van der Waals surface area contributed by atoms with E-state index in [1.54, 1.807) is 42.5 Å². The Balaban J connectivity index is 1.59. The summed E-state index contributed by atoms with van der Waals surface area (Å²) in [5.41, 5.74) is 2.22. The van der Waals surface area contributed by atoms with Crippen molar-refractivity contribution in [2.24, 2.45) is 4.99 Å². The van der Waals surface area contributed by atoms with E-state index in [4.69, 9.17) is 9.41 Å². The smallest absolute Gasteiger partial charge is 0.456 e. The Bertz CT molecular complexity index is 2340. The van der Waals surface area contributed by atoms with Gasteiger partial charge in [-0.1, -0.05) is 54.6 Å². The molecule has 6 rings (SSSR count). The molecule has 7 nitrogen and oxygen atoms in total. The Morgan fingerprint density at radius 2 is 1.40 bits per heavy atom. The van der Waals surface area contributed by atoms with E-state index in [0.29, 0.717) is 38.9 Å². The molecule has 1 amide bonds. The van der Waals surface area contributed by atoms with Crippen LogP contribution in [-0.4, -0.2) is 19.8 Å². The summed E-state index contributed by atoms with van der Waals surface area (Å²) in [6.07, 6.45) is 0. The highest BCUT2D eigenvalue weighted by Crippen LogP contribution is 2.42. The zero-order chi connectivity index (χ0) is 34.4. The van der Waals surface area contributed by atoms with E-state index in [2.05, 4.69) is 5.32 Å². The number of nitrogens with one attached hydrogen (secondary N) is 2. The molecule has 2 aliphatic rings. The largest absolute Gasteiger partial charge is 0.516 e. The number of para-hydroxylation sites is 2. The summed E-state index contributed by atoms with van der Waals surface area (Å²) < 4.78 is 71.0. The quantitative estimate of drug-likeness (QED) is 0.173. The van der Waals surface area contributed by atoms with E-state index in [0.717, 1.165) is 33.6 Å². The fraction of sp³-hybridized carbons (Fsp3) is 0.135. The minimum absolute atomic E-state index is 0.216. The van der Waals surface area contributed by atoms with E-state index in [1.807, 2.05) is 70.2 Å². The lowest BCUT2D eigenvalue weighted by atomic mass is 9.90. The molecule has 0 radical (unpaired) electrons. The maximum Gasteiger partial charge on any atom is 0.516 e. The molecule has 0 fully saturated rings. The summed E-state index contributed by atoms with van der Waals surface area (Å²) in [6, 6.07) is 28.5. The molecular formula is C37H30F3N3O4S. The number of aryl methyl sites for hydroxylation is 4. The Labute approximate surface area is 275 Å². The number of amides is 1. The minimum atomic E-state index is -5.95. The van der Waals surface area contributed by atoms with Crippen molar-refractivity contribution >= 4 is 44.0 Å². The number of anilines is 2. The van der Waals surface area contributed by atoms with Crippen molar-refractivity contribution in [3.63, 3.8) is 0 Å². The summed E-state index contributed by atoms with van der Waals surface area (Å²) in [7, 11) is -5.95. The van der Waals surface area contributed by atoms with Gasteiger partial charge in [0.2, 0.25) is 0 Å². The molecule has 2 N–H and O–H groups in total. The van der Waals surface area contributed by atoms with Crippen molar-refractivity contribution < 1.29 is 30.8 Å². The number of fused-ring (bicyclic) bond motifs is 2. The van der Waals surface area contributed by atoms with Gasteiger partial charge in [0.25, 0.3) is 5.91 Å². The Kier molecular flexibility index (Phi) is 8.34. The lowest BCUT2D eigenvalue weighted by Crippen LogP contribution is -2.40. The summed E-state index contributed by atoms with van der Waals surface area (Å²) >= 11 is 0. The lowest BCUT2D eigenvalue weighted by Gasteiger charge is -2.19. The van der Waals surface area contributed by atoms with Crippen molar-refractivity contribution in [3.8, 4) is 22.5 Å². The van der Waals surface area contributed by atoms with Crippen molar-refractivity contribution in [2.45, 2.75) is 33.2 Å². The molecule has 0 atom stereocenters. The molecule has 0 spiro atoms. The van der Waals surface area contributed by atoms with E-state index in [1.165, 1.54) is 16.9 Å². The average molecular weight is 670 g/mol. The van der Waals surface area contributed by atoms with Gasteiger partial charge in [0.15, 0.2) is 0 Å². The Morgan fingerprint density at radius 3 is 2.06 bits per heavy atom. The van der Waals surface area contributed by atoms with Crippen LogP contribution in [0.1, 0.15) is 32.6 Å². The number of carbonyl (C=O) groups excluding carboxylic acids is 1. The third-order valence-corrected chi connectivity index (χ3v) is 9.17. The number of sulfonamides is 1. The zero-order valence-corrected chi connectivity index (χ0v) is 27.2. The number of hydrogen-bond acceptors (Lipinski definition) is 6. The fourth-order valence-electron chi connectivity index (χ4n) is 5.72. The van der Waals surface area contributed by atoms with E-state index < -0.39 is 21.4 Å². The second kappa shape index (κ2) is 12.3. The van der Waals surface area contributed by atoms with Gasteiger partial charge in [0.1, 0.15) is 11.3 Å². The van der Waals surface area contributed by atoms with Crippen LogP contribution in [0.4, 0.5) is 30.2 Å².